The van der Waals surface area contributed by atoms with Crippen LogP contribution in [0.1, 0.15) is 62.1 Å². The zero-order chi connectivity index (χ0) is 24.3. The minimum atomic E-state index is -0.248. The second-order valence-corrected chi connectivity index (χ2v) is 10.9. The molecule has 0 bridgehead atoms. The summed E-state index contributed by atoms with van der Waals surface area (Å²) in [6.45, 7) is 4.25. The third kappa shape index (κ3) is 6.86. The van der Waals surface area contributed by atoms with Crippen molar-refractivity contribution in [3.63, 3.8) is 0 Å². The monoisotopic (exact) mass is 513 g/mol. The molecule has 1 atom stereocenters. The van der Waals surface area contributed by atoms with E-state index in [1.807, 2.05) is 23.1 Å². The molecule has 3 aliphatic rings. The molecule has 5 rings (SSSR count). The summed E-state index contributed by atoms with van der Waals surface area (Å²) in [5, 5.41) is 3.29. The first-order valence-electron chi connectivity index (χ1n) is 13.1. The van der Waals surface area contributed by atoms with E-state index < -0.39 is 0 Å². The number of benzene rings is 2. The van der Waals surface area contributed by atoms with Gasteiger partial charge in [0.05, 0.1) is 6.04 Å². The summed E-state index contributed by atoms with van der Waals surface area (Å²) in [4.78, 5) is 29.7. The summed E-state index contributed by atoms with van der Waals surface area (Å²) < 4.78 is 13.2. The molecule has 194 valence electrons. The molecule has 0 aromatic heterocycles. The highest BCUT2D eigenvalue weighted by atomic mass is 35.5. The highest BCUT2D eigenvalue weighted by Crippen LogP contribution is 2.41. The summed E-state index contributed by atoms with van der Waals surface area (Å²) in [5.74, 6) is 0.721. The molecule has 1 N–H and O–H groups in total. The van der Waals surface area contributed by atoms with E-state index in [0.29, 0.717) is 25.3 Å². The lowest BCUT2D eigenvalue weighted by Gasteiger charge is -2.39. The van der Waals surface area contributed by atoms with E-state index >= 15 is 0 Å². The van der Waals surface area contributed by atoms with Gasteiger partial charge in [0.15, 0.2) is 0 Å². The second-order valence-electron chi connectivity index (χ2n) is 10.9. The van der Waals surface area contributed by atoms with E-state index in [-0.39, 0.29) is 41.5 Å². The molecular formula is C29H37ClFN3O2. The largest absolute Gasteiger partial charge is 0.349 e. The Morgan fingerprint density at radius 1 is 1.06 bits per heavy atom. The molecule has 2 aromatic carbocycles. The fourth-order valence-corrected chi connectivity index (χ4v) is 5.68. The maximum absolute atomic E-state index is 13.2. The number of hydrogen-bond donors (Lipinski definition) is 1. The molecule has 3 fully saturated rings. The standard InChI is InChI=1S/C29H36FN3O2.ClH/c30-25-10-8-23(9-11-25)20-33-21-29(19-28(33)35)13-16-32(17-14-29)15-12-26(24-4-2-1-3-5-24)31-27(34)18-22-6-7-22;/h1-5,8-11,22,26H,6-7,12-21H2,(H,31,34);1H/t26-;/m0./s1. The summed E-state index contributed by atoms with van der Waals surface area (Å²) in [6, 6.07) is 16.8. The number of likely N-dealkylation sites (tertiary alicyclic amines) is 2. The molecule has 36 heavy (non-hydrogen) atoms. The van der Waals surface area contributed by atoms with Crippen molar-refractivity contribution in [3.05, 3.63) is 71.5 Å². The van der Waals surface area contributed by atoms with Crippen molar-refractivity contribution in [2.45, 2.75) is 57.5 Å². The van der Waals surface area contributed by atoms with Gasteiger partial charge in [-0.1, -0.05) is 42.5 Å². The number of nitrogens with zero attached hydrogens (tertiary/aromatic N) is 2. The molecular weight excluding hydrogens is 477 g/mol. The Kier molecular flexibility index (Phi) is 8.68. The fourth-order valence-electron chi connectivity index (χ4n) is 5.68. The second kappa shape index (κ2) is 11.7. The Labute approximate surface area is 219 Å². The van der Waals surface area contributed by atoms with Gasteiger partial charge in [0.1, 0.15) is 5.82 Å². The number of carbonyl (C=O) groups is 2. The molecule has 2 amide bonds. The van der Waals surface area contributed by atoms with Crippen LogP contribution in [0.3, 0.4) is 0 Å². The van der Waals surface area contributed by atoms with Crippen LogP contribution in [0.25, 0.3) is 0 Å². The fraction of sp³-hybridized carbons (Fsp3) is 0.517. The van der Waals surface area contributed by atoms with Crippen LogP contribution < -0.4 is 5.32 Å². The first-order chi connectivity index (χ1) is 17.0. The van der Waals surface area contributed by atoms with Crippen LogP contribution in [0.4, 0.5) is 4.39 Å². The number of hydrogen-bond acceptors (Lipinski definition) is 3. The molecule has 1 aliphatic carbocycles. The number of halogens is 2. The van der Waals surface area contributed by atoms with E-state index in [9.17, 15) is 14.0 Å². The zero-order valence-electron chi connectivity index (χ0n) is 20.8. The number of rotatable bonds is 9. The van der Waals surface area contributed by atoms with Crippen molar-refractivity contribution in [1.82, 2.24) is 15.1 Å². The minimum absolute atomic E-state index is 0. The van der Waals surface area contributed by atoms with E-state index in [1.165, 1.54) is 30.5 Å². The molecule has 2 heterocycles. The Bertz CT molecular complexity index is 1020. The molecule has 2 aliphatic heterocycles. The predicted octanol–water partition coefficient (Wildman–Crippen LogP) is 5.11. The highest BCUT2D eigenvalue weighted by molar-refractivity contribution is 5.85. The lowest BCUT2D eigenvalue weighted by molar-refractivity contribution is -0.128. The van der Waals surface area contributed by atoms with Gasteiger partial charge in [-0.3, -0.25) is 9.59 Å². The van der Waals surface area contributed by atoms with Crippen molar-refractivity contribution in [1.29, 1.82) is 0 Å². The Balaban J connectivity index is 0.00000304. The van der Waals surface area contributed by atoms with Crippen LogP contribution in [0.2, 0.25) is 0 Å². The van der Waals surface area contributed by atoms with Gasteiger partial charge in [-0.05, 0) is 79.8 Å². The average Bonchev–Trinajstić information content (AvgIpc) is 3.62. The smallest absolute Gasteiger partial charge is 0.223 e. The van der Waals surface area contributed by atoms with Crippen LogP contribution in [-0.2, 0) is 16.1 Å². The van der Waals surface area contributed by atoms with E-state index in [1.54, 1.807) is 12.1 Å². The normalized spacial score (nSPS) is 20.2. The molecule has 0 unspecified atom stereocenters. The molecule has 2 aromatic rings. The van der Waals surface area contributed by atoms with Crippen molar-refractivity contribution in [2.24, 2.45) is 11.3 Å². The first-order valence-corrected chi connectivity index (χ1v) is 13.1. The van der Waals surface area contributed by atoms with Crippen molar-refractivity contribution >= 4 is 24.2 Å². The highest BCUT2D eigenvalue weighted by Gasteiger charge is 2.44. The van der Waals surface area contributed by atoms with Crippen LogP contribution >= 0.6 is 12.4 Å². The summed E-state index contributed by atoms with van der Waals surface area (Å²) >= 11 is 0. The van der Waals surface area contributed by atoms with Gasteiger partial charge in [-0.25, -0.2) is 4.39 Å². The third-order valence-corrected chi connectivity index (χ3v) is 8.05. The van der Waals surface area contributed by atoms with Gasteiger partial charge in [-0.15, -0.1) is 12.4 Å². The van der Waals surface area contributed by atoms with Crippen LogP contribution in [-0.4, -0.2) is 47.8 Å². The Hall–Kier alpha value is -2.44. The lowest BCUT2D eigenvalue weighted by atomic mass is 9.77. The number of carbonyl (C=O) groups excluding carboxylic acids is 2. The third-order valence-electron chi connectivity index (χ3n) is 8.05. The maximum atomic E-state index is 13.2. The van der Waals surface area contributed by atoms with E-state index in [4.69, 9.17) is 0 Å². The molecule has 7 heteroatoms. The molecule has 2 saturated heterocycles. The number of amides is 2. The average molecular weight is 514 g/mol. The summed E-state index contributed by atoms with van der Waals surface area (Å²) in [7, 11) is 0. The van der Waals surface area contributed by atoms with Gasteiger partial charge in [0, 0.05) is 32.5 Å². The van der Waals surface area contributed by atoms with E-state index in [0.717, 1.165) is 51.0 Å². The van der Waals surface area contributed by atoms with Gasteiger partial charge < -0.3 is 15.1 Å². The number of piperidine rings is 1. The number of nitrogens with one attached hydrogen (secondary N) is 1. The van der Waals surface area contributed by atoms with E-state index in [2.05, 4.69) is 22.3 Å². The summed E-state index contributed by atoms with van der Waals surface area (Å²) in [5.41, 5.74) is 2.21. The first kappa shape index (κ1) is 26.6. The van der Waals surface area contributed by atoms with Crippen molar-refractivity contribution in [2.75, 3.05) is 26.2 Å². The lowest BCUT2D eigenvalue weighted by Crippen LogP contribution is -2.42. The van der Waals surface area contributed by atoms with Crippen molar-refractivity contribution in [3.8, 4) is 0 Å². The van der Waals surface area contributed by atoms with Gasteiger partial charge in [0.2, 0.25) is 11.8 Å². The predicted molar refractivity (Wildman–Crippen MR) is 141 cm³/mol. The summed E-state index contributed by atoms with van der Waals surface area (Å²) in [6.07, 6.45) is 6.56. The van der Waals surface area contributed by atoms with Crippen LogP contribution in [0.15, 0.2) is 54.6 Å². The SMILES string of the molecule is Cl.O=C(CC1CC1)N[C@@H](CCN1CCC2(CC1)CC(=O)N(Cc1ccc(F)cc1)C2)c1ccccc1. The van der Waals surface area contributed by atoms with Gasteiger partial charge in [0.25, 0.3) is 0 Å². The quantitative estimate of drug-likeness (QED) is 0.507. The zero-order valence-corrected chi connectivity index (χ0v) is 21.6. The molecule has 5 nitrogen and oxygen atoms in total. The molecule has 1 spiro atoms. The molecule has 0 radical (unpaired) electrons. The van der Waals surface area contributed by atoms with Crippen LogP contribution in [0, 0.1) is 17.2 Å². The maximum Gasteiger partial charge on any atom is 0.223 e. The van der Waals surface area contributed by atoms with Crippen LogP contribution in [0.5, 0.6) is 0 Å². The van der Waals surface area contributed by atoms with Crippen molar-refractivity contribution < 1.29 is 14.0 Å². The molecule has 1 saturated carbocycles. The van der Waals surface area contributed by atoms with Gasteiger partial charge >= 0.3 is 0 Å². The topological polar surface area (TPSA) is 52.7 Å². The Morgan fingerprint density at radius 2 is 1.75 bits per heavy atom. The minimum Gasteiger partial charge on any atom is -0.349 e. The van der Waals surface area contributed by atoms with Gasteiger partial charge in [-0.2, -0.15) is 0 Å². The Morgan fingerprint density at radius 3 is 2.42 bits per heavy atom.